The van der Waals surface area contributed by atoms with Crippen LogP contribution in [0.3, 0.4) is 0 Å². The van der Waals surface area contributed by atoms with Crippen LogP contribution < -0.4 is 0 Å². The number of amidine groups is 1. The molecule has 64 valence electrons. The topological polar surface area (TPSA) is 15.6 Å². The molecule has 0 aliphatic rings. The quantitative estimate of drug-likeness (QED) is 0.449. The van der Waals surface area contributed by atoms with E-state index in [-0.39, 0.29) is 0 Å². The molecule has 0 aromatic carbocycles. The van der Waals surface area contributed by atoms with Gasteiger partial charge in [0.2, 0.25) is 0 Å². The van der Waals surface area contributed by atoms with E-state index >= 15 is 0 Å². The van der Waals surface area contributed by atoms with Gasteiger partial charge in [0, 0.05) is 20.6 Å². The molecule has 0 saturated carbocycles. The molecule has 0 N–H and O–H groups in total. The molecule has 0 rings (SSSR count). The fourth-order valence-corrected chi connectivity index (χ4v) is 0.655. The van der Waals surface area contributed by atoms with Gasteiger partial charge in [0.1, 0.15) is 12.5 Å². The number of nitrogens with zero attached hydrogens (tertiary/aromatic N) is 2. The lowest BCUT2D eigenvalue weighted by Gasteiger charge is -2.11. The summed E-state index contributed by atoms with van der Waals surface area (Å²) in [5.74, 6) is 0.810. The Morgan fingerprint density at radius 2 is 2.18 bits per heavy atom. The van der Waals surface area contributed by atoms with E-state index in [2.05, 4.69) is 4.99 Å². The van der Waals surface area contributed by atoms with E-state index in [1.54, 1.807) is 6.08 Å². The highest BCUT2D eigenvalue weighted by atomic mass is 19.1. The van der Waals surface area contributed by atoms with Crippen LogP contribution in [0, 0.1) is 0 Å². The number of alkyl halides is 1. The molecular weight excluding hydrogens is 143 g/mol. The van der Waals surface area contributed by atoms with Crippen molar-refractivity contribution in [1.29, 1.82) is 0 Å². The minimum atomic E-state index is -0.434. The Bertz CT molecular complexity index is 150. The summed E-state index contributed by atoms with van der Waals surface area (Å²) in [5.41, 5.74) is 0. The van der Waals surface area contributed by atoms with Gasteiger partial charge in [-0.3, -0.25) is 4.99 Å². The summed E-state index contributed by atoms with van der Waals surface area (Å²) in [7, 11) is 3.77. The average molecular weight is 158 g/mol. The number of hydrogen-bond acceptors (Lipinski definition) is 1. The van der Waals surface area contributed by atoms with Gasteiger partial charge in [-0.15, -0.1) is 0 Å². The van der Waals surface area contributed by atoms with Crippen molar-refractivity contribution >= 4 is 5.84 Å². The van der Waals surface area contributed by atoms with E-state index in [1.807, 2.05) is 25.9 Å². The molecule has 0 unspecified atom stereocenters. The Morgan fingerprint density at radius 3 is 2.55 bits per heavy atom. The molecule has 11 heavy (non-hydrogen) atoms. The van der Waals surface area contributed by atoms with Crippen LogP contribution in [0.25, 0.3) is 0 Å². The van der Waals surface area contributed by atoms with Crippen LogP contribution in [0.1, 0.15) is 6.92 Å². The highest BCUT2D eigenvalue weighted by molar-refractivity contribution is 5.92. The molecule has 0 fully saturated rings. The fraction of sp³-hybridized carbons (Fsp3) is 0.625. The number of halogens is 1. The van der Waals surface area contributed by atoms with Crippen molar-refractivity contribution in [2.45, 2.75) is 6.92 Å². The SMILES string of the molecule is CCN=C(C=CCF)N(C)C. The van der Waals surface area contributed by atoms with Crippen LogP contribution in [-0.4, -0.2) is 38.1 Å². The number of aliphatic imine (C=N–C) groups is 1. The molecule has 3 heteroatoms. The van der Waals surface area contributed by atoms with Gasteiger partial charge >= 0.3 is 0 Å². The molecule has 0 aliphatic heterocycles. The van der Waals surface area contributed by atoms with Crippen LogP contribution in [0.4, 0.5) is 4.39 Å². The molecule has 0 radical (unpaired) electrons. The summed E-state index contributed by atoms with van der Waals surface area (Å²) in [6, 6.07) is 0. The second-order valence-electron chi connectivity index (χ2n) is 2.28. The van der Waals surface area contributed by atoms with Gasteiger partial charge in [0.05, 0.1) is 0 Å². The molecule has 0 bridgehead atoms. The van der Waals surface area contributed by atoms with Crippen molar-refractivity contribution in [3.8, 4) is 0 Å². The molecule has 0 amide bonds. The van der Waals surface area contributed by atoms with Crippen molar-refractivity contribution in [3.05, 3.63) is 12.2 Å². The zero-order chi connectivity index (χ0) is 8.69. The second-order valence-corrected chi connectivity index (χ2v) is 2.28. The summed E-state index contributed by atoms with van der Waals surface area (Å²) in [5, 5.41) is 0. The van der Waals surface area contributed by atoms with Crippen LogP contribution in [0.2, 0.25) is 0 Å². The smallest absolute Gasteiger partial charge is 0.122 e. The third kappa shape index (κ3) is 4.53. The number of rotatable bonds is 3. The van der Waals surface area contributed by atoms with Gasteiger partial charge in [-0.1, -0.05) is 6.08 Å². The highest BCUT2D eigenvalue weighted by Gasteiger charge is 1.93. The predicted molar refractivity (Wildman–Crippen MR) is 46.8 cm³/mol. The Hall–Kier alpha value is -0.860. The van der Waals surface area contributed by atoms with Crippen LogP contribution in [-0.2, 0) is 0 Å². The Balaban J connectivity index is 4.11. The van der Waals surface area contributed by atoms with E-state index < -0.39 is 6.67 Å². The summed E-state index contributed by atoms with van der Waals surface area (Å²) in [6.45, 7) is 2.24. The Morgan fingerprint density at radius 1 is 1.55 bits per heavy atom. The summed E-state index contributed by atoms with van der Waals surface area (Å²) < 4.78 is 11.7. The molecular formula is C8H15FN2. The molecule has 0 spiro atoms. The summed E-state index contributed by atoms with van der Waals surface area (Å²) in [4.78, 5) is 6.01. The minimum Gasteiger partial charge on any atom is -0.363 e. The number of allylic oxidation sites excluding steroid dienone is 1. The van der Waals surface area contributed by atoms with Crippen LogP contribution >= 0.6 is 0 Å². The third-order valence-electron chi connectivity index (χ3n) is 1.13. The molecule has 2 nitrogen and oxygen atoms in total. The van der Waals surface area contributed by atoms with Crippen LogP contribution in [0.15, 0.2) is 17.1 Å². The van der Waals surface area contributed by atoms with Gasteiger partial charge in [-0.05, 0) is 13.0 Å². The van der Waals surface area contributed by atoms with Crippen molar-refractivity contribution in [2.24, 2.45) is 4.99 Å². The molecule has 0 aromatic rings. The monoisotopic (exact) mass is 158 g/mol. The molecule has 0 atom stereocenters. The van der Waals surface area contributed by atoms with Gasteiger partial charge in [-0.25, -0.2) is 4.39 Å². The van der Waals surface area contributed by atoms with E-state index in [4.69, 9.17) is 0 Å². The average Bonchev–Trinajstić information content (AvgIpc) is 1.97. The molecule has 0 aliphatic carbocycles. The zero-order valence-corrected chi connectivity index (χ0v) is 7.34. The molecule has 0 saturated heterocycles. The van der Waals surface area contributed by atoms with E-state index in [1.165, 1.54) is 6.08 Å². The lowest BCUT2D eigenvalue weighted by molar-refractivity contribution is 0.561. The van der Waals surface area contributed by atoms with Crippen molar-refractivity contribution < 1.29 is 4.39 Å². The Labute approximate surface area is 67.4 Å². The lowest BCUT2D eigenvalue weighted by atomic mass is 10.4. The second kappa shape index (κ2) is 5.89. The molecule has 0 aromatic heterocycles. The first-order valence-electron chi connectivity index (χ1n) is 3.66. The number of likely N-dealkylation sites (N-methyl/N-ethyl adjacent to an activating group) is 1. The molecule has 0 heterocycles. The minimum absolute atomic E-state index is 0.434. The largest absolute Gasteiger partial charge is 0.363 e. The van der Waals surface area contributed by atoms with Crippen molar-refractivity contribution in [2.75, 3.05) is 27.3 Å². The standard InChI is InChI=1S/C8H15FN2/c1-4-10-8(11(2)3)6-5-7-9/h5-6H,4,7H2,1-3H3. The summed E-state index contributed by atoms with van der Waals surface area (Å²) >= 11 is 0. The lowest BCUT2D eigenvalue weighted by Crippen LogP contribution is -2.19. The maximum atomic E-state index is 11.7. The normalized spacial score (nSPS) is 12.5. The first-order valence-corrected chi connectivity index (χ1v) is 3.66. The van der Waals surface area contributed by atoms with Gasteiger partial charge in [0.15, 0.2) is 0 Å². The van der Waals surface area contributed by atoms with Crippen molar-refractivity contribution in [1.82, 2.24) is 4.90 Å². The Kier molecular flexibility index (Phi) is 5.43. The van der Waals surface area contributed by atoms with E-state index in [9.17, 15) is 4.39 Å². The van der Waals surface area contributed by atoms with E-state index in [0.717, 1.165) is 12.4 Å². The maximum absolute atomic E-state index is 11.7. The zero-order valence-electron chi connectivity index (χ0n) is 7.34. The fourth-order valence-electron chi connectivity index (χ4n) is 0.655. The van der Waals surface area contributed by atoms with Crippen LogP contribution in [0.5, 0.6) is 0 Å². The first kappa shape index (κ1) is 10.1. The van der Waals surface area contributed by atoms with Gasteiger partial charge in [0.25, 0.3) is 0 Å². The van der Waals surface area contributed by atoms with Crippen molar-refractivity contribution in [3.63, 3.8) is 0 Å². The third-order valence-corrected chi connectivity index (χ3v) is 1.13. The first-order chi connectivity index (χ1) is 5.22. The number of hydrogen-bond donors (Lipinski definition) is 0. The predicted octanol–water partition coefficient (Wildman–Crippen LogP) is 1.49. The van der Waals surface area contributed by atoms with Gasteiger partial charge in [-0.2, -0.15) is 0 Å². The summed E-state index contributed by atoms with van der Waals surface area (Å²) in [6.07, 6.45) is 3.14. The van der Waals surface area contributed by atoms with Gasteiger partial charge < -0.3 is 4.90 Å². The maximum Gasteiger partial charge on any atom is 0.122 e. The highest BCUT2D eigenvalue weighted by Crippen LogP contribution is 1.87. The van der Waals surface area contributed by atoms with E-state index in [0.29, 0.717) is 0 Å².